The second-order valence-corrected chi connectivity index (χ2v) is 28.6. The summed E-state index contributed by atoms with van der Waals surface area (Å²) >= 11 is 0. The van der Waals surface area contributed by atoms with Gasteiger partial charge in [-0.2, -0.15) is 52.1 Å². The third-order valence-electron chi connectivity index (χ3n) is 19.8. The number of hydrogen-bond donors (Lipinski definition) is 4. The first-order chi connectivity index (χ1) is 54.9. The van der Waals surface area contributed by atoms with E-state index in [9.17, 15) is 82.9 Å². The average Bonchev–Trinajstić information content (AvgIpc) is 1.76. The zero-order chi connectivity index (χ0) is 87.4. The number of piperidine rings is 6. The van der Waals surface area contributed by atoms with Crippen molar-refractivity contribution in [1.29, 1.82) is 0 Å². The summed E-state index contributed by atoms with van der Waals surface area (Å²) in [6, 6.07) is -3.99. The van der Waals surface area contributed by atoms with Crippen LogP contribution in [0.4, 0.5) is 41.9 Å². The van der Waals surface area contributed by atoms with Crippen LogP contribution in [0.25, 0.3) is 0 Å². The third kappa shape index (κ3) is 29.7. The van der Waals surface area contributed by atoms with E-state index in [-0.39, 0.29) is 183 Å². The van der Waals surface area contributed by atoms with Crippen molar-refractivity contribution in [3.8, 4) is 0 Å². The molecule has 0 aromatic heterocycles. The van der Waals surface area contributed by atoms with Crippen LogP contribution in [0.15, 0.2) is 66.1 Å². The molecule has 12 fully saturated rings. The predicted molar refractivity (Wildman–Crippen MR) is 415 cm³/mol. The van der Waals surface area contributed by atoms with Crippen LogP contribution in [0.1, 0.15) is 140 Å². The molecule has 0 spiro atoms. The van der Waals surface area contributed by atoms with Crippen molar-refractivity contribution in [2.24, 2.45) is 21.4 Å². The largest absolute Gasteiger partial charge is 1.00 e. The molecule has 12 bridgehead atoms. The van der Waals surface area contributed by atoms with Crippen LogP contribution in [0.5, 0.6) is 0 Å². The maximum atomic E-state index is 12.2. The predicted octanol–water partition coefficient (Wildman–Crippen LogP) is -0.567. The fraction of sp³-hybridized carbons (Fsp3) is 0.725. The number of aliphatic carboxylic acids is 1. The summed E-state index contributed by atoms with van der Waals surface area (Å²) in [5, 5.41) is 45.0. The average molecular weight is 1800 g/mol. The number of aliphatic hydroxyl groups excluding tert-OH is 2. The van der Waals surface area contributed by atoms with Crippen LogP contribution >= 0.6 is 12.4 Å². The topological polar surface area (TPSA) is 506 Å². The summed E-state index contributed by atoms with van der Waals surface area (Å²) < 4.78 is 104. The Morgan fingerprint density at radius 2 is 0.692 bits per heavy atom. The molecule has 120 heavy (non-hydrogen) atoms. The van der Waals surface area contributed by atoms with E-state index < -0.39 is 75.3 Å². The van der Waals surface area contributed by atoms with E-state index in [2.05, 4.69) is 77.7 Å². The van der Waals surface area contributed by atoms with Gasteiger partial charge in [-0.3, -0.25) is 24.1 Å². The van der Waals surface area contributed by atoms with E-state index in [4.69, 9.17) is 34.1 Å². The van der Waals surface area contributed by atoms with Gasteiger partial charge in [0.15, 0.2) is 5.78 Å². The number of alkyl halides is 3. The molecule has 43 nitrogen and oxygen atoms in total. The number of nitrogens with zero attached hydrogens (tertiary/aromatic N) is 15. The molecule has 12 saturated heterocycles. The smallest absolute Gasteiger partial charge is 0.724 e. The zero-order valence-corrected chi connectivity index (χ0v) is 76.0. The summed E-state index contributed by atoms with van der Waals surface area (Å²) in [5.41, 5.74) is 1.84. The van der Waals surface area contributed by atoms with E-state index in [1.807, 2.05) is 53.4 Å². The first kappa shape index (κ1) is 114. The molecule has 0 aliphatic carbocycles. The van der Waals surface area contributed by atoms with Crippen LogP contribution in [0.3, 0.4) is 0 Å². The van der Waals surface area contributed by atoms with Crippen molar-refractivity contribution in [1.82, 2.24) is 59.8 Å². The van der Waals surface area contributed by atoms with Gasteiger partial charge in [0.25, 0.3) is 0 Å². The van der Waals surface area contributed by atoms with Crippen LogP contribution in [0, 0.1) is 0 Å². The molecule has 12 heterocycles. The molecule has 12 amide bonds. The van der Waals surface area contributed by atoms with Gasteiger partial charge in [0, 0.05) is 75.0 Å². The number of carboxylic acids is 1. The molecule has 14 atom stereocenters. The van der Waals surface area contributed by atoms with Crippen LogP contribution < -0.4 is 65.0 Å². The quantitative estimate of drug-likeness (QED) is 0.0292. The Balaban J connectivity index is 0.00000137. The Kier molecular flexibility index (Phi) is 50.9. The molecule has 0 radical (unpaired) electrons. The van der Waals surface area contributed by atoms with Crippen LogP contribution in [0.2, 0.25) is 0 Å². The summed E-state index contributed by atoms with van der Waals surface area (Å²) in [6.07, 6.45) is 8.49. The van der Waals surface area contributed by atoms with E-state index in [0.29, 0.717) is 112 Å². The monoisotopic (exact) mass is 1800 g/mol. The van der Waals surface area contributed by atoms with E-state index >= 15 is 0 Å². The van der Waals surface area contributed by atoms with Gasteiger partial charge in [0.2, 0.25) is 20.8 Å². The number of carbonyl (C=O) groups excluding carboxylic acids is 7. The second-order valence-electron chi connectivity index (χ2n) is 26.7. The standard InChI is InChI=1S/C12H19N3O3.2C11H18N2O3.C11H16N2O3.2C9H15N3O6S.C2HF3O2.C2H6.CH5NO.CH4.ClH.2Na/c1-4-6-18-15-11-8-14(12(15)16)9(5-2)7-10(11)13-17-3;3*1-3-5-16-13-9-7-12(11(13)15)8(4-2)6-10(9)14;2*1-3-6-4-7(10-17-2)8-5-11(6)9(13)12(8)18-19(14,15)16;3-2(4,5)1(6)7;1-2;1-3-2;;;;/h4,9,11H,1,5-8H2,2-3H3;2*3,8-10,14H,1,4-7H2,2H3;3,8-9H,1,4-7H2,2H3;2*6,8H,3-5H2,1-2H3,(H,14,15,16);(H,6,7);1-2H3;2H2,1H3;1H4;1H;;/q;;;;;;;;;;;2*+1/p-2/t9-,11+;2*8-,9+,10+;8-,9+;2*6-,8+;;;;;;;/m111111......./s1. The van der Waals surface area contributed by atoms with Crippen molar-refractivity contribution in [3.05, 3.63) is 50.6 Å². The molecule has 12 aliphatic rings. The van der Waals surface area contributed by atoms with Crippen molar-refractivity contribution < 1.29 is 199 Å². The second kappa shape index (κ2) is 53.7. The maximum absolute atomic E-state index is 12.2. The number of carboxylic acid groups (broad SMARTS) is 1. The molecular weight excluding hydrogens is 1690 g/mol. The van der Waals surface area contributed by atoms with E-state index in [1.54, 1.807) is 39.0 Å². The Morgan fingerprint density at radius 3 is 0.942 bits per heavy atom. The summed E-state index contributed by atoms with van der Waals surface area (Å²) in [6.45, 7) is 33.9. The van der Waals surface area contributed by atoms with Gasteiger partial charge >= 0.3 is 107 Å². The minimum Gasteiger partial charge on any atom is -0.724 e. The van der Waals surface area contributed by atoms with Crippen molar-refractivity contribution in [2.45, 2.75) is 231 Å². The number of carbonyl (C=O) groups is 8. The zero-order valence-electron chi connectivity index (χ0n) is 69.6. The van der Waals surface area contributed by atoms with Gasteiger partial charge in [-0.15, -0.1) is 38.7 Å². The third-order valence-corrected chi connectivity index (χ3v) is 20.5. The molecule has 12 aliphatic heterocycles. The molecular formula is C69H116ClF3N16Na2O27S2. The Morgan fingerprint density at radius 1 is 0.467 bits per heavy atom. The number of nitrogens with two attached hydrogens (primary N) is 1. The number of rotatable bonds is 25. The first-order valence-electron chi connectivity index (χ1n) is 37.4. The summed E-state index contributed by atoms with van der Waals surface area (Å²) in [7, 11) is -4.39. The summed E-state index contributed by atoms with van der Waals surface area (Å²) in [4.78, 5) is 142. The number of halogens is 4. The Hall–Kier alpha value is -6.37. The maximum Gasteiger partial charge on any atom is 1.00 e. The van der Waals surface area contributed by atoms with Gasteiger partial charge < -0.3 is 73.2 Å². The van der Waals surface area contributed by atoms with Gasteiger partial charge in [0.1, 0.15) is 57.6 Å². The van der Waals surface area contributed by atoms with Gasteiger partial charge in [-0.25, -0.2) is 56.3 Å². The molecule has 0 aromatic carbocycles. The van der Waals surface area contributed by atoms with Crippen molar-refractivity contribution in [2.75, 3.05) is 94.1 Å². The molecule has 0 saturated carbocycles. The number of hydrogen-bond acceptors (Lipinski definition) is 30. The molecule has 0 aromatic rings. The normalized spacial score (nSPS) is 27.2. The molecule has 0 unspecified atom stereocenters. The van der Waals surface area contributed by atoms with Gasteiger partial charge in [-0.1, -0.05) is 103 Å². The van der Waals surface area contributed by atoms with Gasteiger partial charge in [0.05, 0.1) is 89.1 Å². The SMILES string of the molecule is C.C=CCON1C(=O)N2C[C@H]1C(=NOC)C[C@H]2CC.C=CCON1C(=O)N2C[C@H]1C(=O)C[C@H]2CC.C=CCON1C(=O)N2C[C@H]1[C@@H](O)C[C@H]2CC.C=CCON1C(=O)N2C[C@H]1[C@@H](O)C[C@H]2CC.CC.CC[C@@H]1CC(=NOC)[C@@H]2CN1C(=O)N2OS(=O)(=O)[O-].CC[C@@H]1CC(=NOC)[C@@H]2CN1C(=O)N2OS(=O)(=O)[O-].CON.Cl.O=C(O)C(F)(F)F.[Na+].[Na+]. The number of Topliss-reactive ketones (excluding diaryl/α,β-unsaturated/α-hetero) is 1. The molecule has 5 N–H and O–H groups in total. The van der Waals surface area contributed by atoms with E-state index in [0.717, 1.165) is 37.8 Å². The van der Waals surface area contributed by atoms with Crippen molar-refractivity contribution in [3.63, 3.8) is 0 Å². The Bertz CT molecular complexity index is 3550. The fourth-order valence-corrected chi connectivity index (χ4v) is 15.1. The van der Waals surface area contributed by atoms with Crippen LogP contribution in [-0.4, -0.2) is 351 Å². The number of aliphatic hydroxyl groups is 2. The van der Waals surface area contributed by atoms with E-state index in [1.165, 1.54) is 58.5 Å². The molecule has 676 valence electrons. The minimum atomic E-state index is -5.08. The number of urea groups is 6. The number of hydroxylamine groups is 12. The number of oxime groups is 3. The van der Waals surface area contributed by atoms with Gasteiger partial charge in [-0.05, 0) is 51.4 Å². The minimum absolute atomic E-state index is 0. The number of amides is 12. The van der Waals surface area contributed by atoms with Crippen molar-refractivity contribution >= 4 is 98.3 Å². The van der Waals surface area contributed by atoms with Crippen LogP contribution in [-0.2, 0) is 77.7 Å². The molecule has 51 heteroatoms. The number of fused-ring (bicyclic) bond motifs is 12. The summed E-state index contributed by atoms with van der Waals surface area (Å²) in [5.74, 6) is 1.69. The molecule has 12 rings (SSSR count). The Labute approximate surface area is 748 Å². The number of ketones is 1. The fourth-order valence-electron chi connectivity index (χ4n) is 14.4. The first-order valence-corrected chi connectivity index (χ1v) is 40.1.